The topological polar surface area (TPSA) is 154 Å². The van der Waals surface area contributed by atoms with Crippen LogP contribution in [0.3, 0.4) is 0 Å². The van der Waals surface area contributed by atoms with E-state index in [4.69, 9.17) is 0 Å². The summed E-state index contributed by atoms with van der Waals surface area (Å²) in [5.74, 6) is -1.73. The van der Waals surface area contributed by atoms with E-state index in [9.17, 15) is 28.2 Å². The molecule has 2 aromatic heterocycles. The van der Waals surface area contributed by atoms with Gasteiger partial charge in [0, 0.05) is 36.6 Å². The number of aliphatic hydroxyl groups excluding tert-OH is 2. The number of rotatable bonds is 4. The van der Waals surface area contributed by atoms with E-state index in [0.717, 1.165) is 16.3 Å². The van der Waals surface area contributed by atoms with Crippen LogP contribution in [0.15, 0.2) is 28.5 Å². The van der Waals surface area contributed by atoms with Crippen LogP contribution in [0, 0.1) is 24.2 Å². The van der Waals surface area contributed by atoms with E-state index in [1.165, 1.54) is 28.2 Å². The highest BCUT2D eigenvalue weighted by Crippen LogP contribution is 2.42. The molecule has 0 aromatic carbocycles. The number of amides is 1. The van der Waals surface area contributed by atoms with E-state index in [-0.39, 0.29) is 35.2 Å². The number of ketones is 1. The maximum absolute atomic E-state index is 13.7. The van der Waals surface area contributed by atoms with Crippen molar-refractivity contribution in [1.82, 2.24) is 24.2 Å². The molecule has 4 heterocycles. The lowest BCUT2D eigenvalue weighted by atomic mass is 9.73. The number of fused-ring (bicyclic) bond motifs is 1. The zero-order valence-electron chi connectivity index (χ0n) is 26.0. The van der Waals surface area contributed by atoms with Gasteiger partial charge in [-0.2, -0.15) is 4.31 Å². The van der Waals surface area contributed by atoms with Gasteiger partial charge in [0.25, 0.3) is 10.0 Å². The summed E-state index contributed by atoms with van der Waals surface area (Å²) in [6, 6.07) is -1.22. The van der Waals surface area contributed by atoms with Crippen molar-refractivity contribution < 1.29 is 28.2 Å². The number of carbonyl (C=O) groups is 2. The number of hydrogen-bond donors (Lipinski definition) is 3. The zero-order chi connectivity index (χ0) is 31.9. The molecule has 0 radical (unpaired) electrons. The minimum Gasteiger partial charge on any atom is -0.392 e. The maximum atomic E-state index is 13.7. The van der Waals surface area contributed by atoms with Crippen LogP contribution in [0.25, 0.3) is 6.08 Å². The Bertz CT molecular complexity index is 1460. The number of aliphatic hydroxyl groups is 2. The molecule has 2 saturated heterocycles. The lowest BCUT2D eigenvalue weighted by molar-refractivity contribution is -0.143. The summed E-state index contributed by atoms with van der Waals surface area (Å²) in [6.45, 7) is 10.5. The van der Waals surface area contributed by atoms with Gasteiger partial charge in [-0.05, 0) is 50.7 Å². The highest BCUT2D eigenvalue weighted by molar-refractivity contribution is 7.89. The molecule has 2 aliphatic heterocycles. The number of sulfonamides is 1. The molecule has 2 fully saturated rings. The normalized spacial score (nSPS) is 33.1. The van der Waals surface area contributed by atoms with Crippen LogP contribution < -0.4 is 5.32 Å². The van der Waals surface area contributed by atoms with Crippen LogP contribution in [0.5, 0.6) is 0 Å². The summed E-state index contributed by atoms with van der Waals surface area (Å²) in [5.41, 5.74) is 0.290. The lowest BCUT2D eigenvalue weighted by Crippen LogP contribution is -2.47. The van der Waals surface area contributed by atoms with Crippen LogP contribution in [-0.2, 0) is 26.7 Å². The minimum atomic E-state index is -3.89. The number of thiazole rings is 1. The summed E-state index contributed by atoms with van der Waals surface area (Å²) < 4.78 is 30.4. The van der Waals surface area contributed by atoms with Crippen molar-refractivity contribution in [2.24, 2.45) is 24.3 Å². The maximum Gasteiger partial charge on any atom is 0.262 e. The van der Waals surface area contributed by atoms with Crippen molar-refractivity contribution in [1.29, 1.82) is 0 Å². The second kappa shape index (κ2) is 12.9. The van der Waals surface area contributed by atoms with Crippen LogP contribution in [0.1, 0.15) is 77.4 Å². The Morgan fingerprint density at radius 3 is 2.49 bits per heavy atom. The standard InChI is InChI=1S/C30H45N5O6S2/c1-17-9-8-10-23-24(35(23)43(40,41)27-14-34(7)16-31-27)12-22(18(2)11-21-15-42-20(4)32-21)33-26(37)13-25(36)30(5,6)29(39)19(3)28(17)38/h11,14-17,19,22-25,28,36,38H,8-10,12-13H2,1-7H3,(H,33,37)/b18-11+/t17-,19+,22-,23+,24-,25-,28-,35?/m0/s1. The van der Waals surface area contributed by atoms with Crippen molar-refractivity contribution in [3.05, 3.63) is 34.2 Å². The zero-order valence-corrected chi connectivity index (χ0v) is 27.7. The Hall–Kier alpha value is -2.45. The first-order chi connectivity index (χ1) is 20.0. The van der Waals surface area contributed by atoms with E-state index >= 15 is 0 Å². The summed E-state index contributed by atoms with van der Waals surface area (Å²) in [4.78, 5) is 35.4. The predicted octanol–water partition coefficient (Wildman–Crippen LogP) is 3.07. The molecule has 11 nitrogen and oxygen atoms in total. The fourth-order valence-electron chi connectivity index (χ4n) is 6.16. The van der Waals surface area contributed by atoms with Crippen LogP contribution >= 0.6 is 11.3 Å². The number of nitrogens with one attached hydrogen (secondary N) is 1. The summed E-state index contributed by atoms with van der Waals surface area (Å²) >= 11 is 1.51. The Morgan fingerprint density at radius 1 is 1.19 bits per heavy atom. The largest absolute Gasteiger partial charge is 0.392 e. The highest BCUT2D eigenvalue weighted by Gasteiger charge is 2.56. The van der Waals surface area contributed by atoms with Gasteiger partial charge in [-0.3, -0.25) is 9.59 Å². The number of imidazole rings is 1. The molecule has 43 heavy (non-hydrogen) atoms. The van der Waals surface area contributed by atoms with Gasteiger partial charge in [0.15, 0.2) is 5.03 Å². The summed E-state index contributed by atoms with van der Waals surface area (Å²) in [7, 11) is -2.17. The molecule has 0 aliphatic carbocycles. The van der Waals surface area contributed by atoms with Gasteiger partial charge in [0.05, 0.1) is 47.1 Å². The fourth-order valence-corrected chi connectivity index (χ4v) is 8.56. The SMILES string of the molecule is C/C(=C\c1csc(C)n1)[C@@H]1C[C@H]2[C@@H](CCC[C@H](C)[C@H](O)[C@@H](C)C(=O)C(C)(C)[C@@H](O)CC(=O)N1)N2S(=O)(=O)c1cn(C)cn1. The van der Waals surface area contributed by atoms with Gasteiger partial charge in [0.2, 0.25) is 5.91 Å². The van der Waals surface area contributed by atoms with Gasteiger partial charge in [-0.15, -0.1) is 11.3 Å². The fraction of sp³-hybridized carbons (Fsp3) is 0.667. The first kappa shape index (κ1) is 33.4. The first-order valence-electron chi connectivity index (χ1n) is 14.9. The number of aromatic nitrogens is 3. The molecule has 1 unspecified atom stereocenters. The Kier molecular flexibility index (Phi) is 10.0. The smallest absolute Gasteiger partial charge is 0.262 e. The summed E-state index contributed by atoms with van der Waals surface area (Å²) in [5, 5.41) is 27.9. The number of aryl methyl sites for hydroxylation is 2. The number of nitrogens with zero attached hydrogens (tertiary/aromatic N) is 4. The summed E-state index contributed by atoms with van der Waals surface area (Å²) in [6.07, 6.45) is 4.41. The third kappa shape index (κ3) is 7.28. The van der Waals surface area contributed by atoms with Crippen molar-refractivity contribution in [3.8, 4) is 0 Å². The molecule has 3 N–H and O–H groups in total. The Balaban J connectivity index is 1.69. The first-order valence-corrected chi connectivity index (χ1v) is 17.2. The van der Waals surface area contributed by atoms with Gasteiger partial charge < -0.3 is 20.1 Å². The third-order valence-electron chi connectivity index (χ3n) is 9.12. The molecule has 238 valence electrons. The molecule has 2 aromatic rings. The Labute approximate surface area is 258 Å². The van der Waals surface area contributed by atoms with E-state index in [1.54, 1.807) is 32.4 Å². The molecule has 0 bridgehead atoms. The van der Waals surface area contributed by atoms with Crippen molar-refractivity contribution >= 4 is 39.1 Å². The molecule has 2 aliphatic rings. The second-order valence-corrected chi connectivity index (χ2v) is 15.7. The van der Waals surface area contributed by atoms with Crippen molar-refractivity contribution in [2.75, 3.05) is 0 Å². The van der Waals surface area contributed by atoms with E-state index in [2.05, 4.69) is 15.3 Å². The van der Waals surface area contributed by atoms with Crippen molar-refractivity contribution in [3.63, 3.8) is 0 Å². The Morgan fingerprint density at radius 2 is 1.88 bits per heavy atom. The molecule has 13 heteroatoms. The third-order valence-corrected chi connectivity index (χ3v) is 11.7. The average molecular weight is 636 g/mol. The number of carbonyl (C=O) groups excluding carboxylic acids is 2. The van der Waals surface area contributed by atoms with E-state index in [1.807, 2.05) is 32.2 Å². The van der Waals surface area contributed by atoms with Gasteiger partial charge in [-0.25, -0.2) is 18.4 Å². The van der Waals surface area contributed by atoms with Crippen LogP contribution in [0.2, 0.25) is 0 Å². The monoisotopic (exact) mass is 635 g/mol. The lowest BCUT2D eigenvalue weighted by Gasteiger charge is -2.34. The van der Waals surface area contributed by atoms with Crippen LogP contribution in [0.4, 0.5) is 0 Å². The van der Waals surface area contributed by atoms with Gasteiger partial charge in [-0.1, -0.05) is 34.1 Å². The molecular weight excluding hydrogens is 590 g/mol. The van der Waals surface area contributed by atoms with Gasteiger partial charge in [0.1, 0.15) is 5.78 Å². The molecule has 0 spiro atoms. The highest BCUT2D eigenvalue weighted by atomic mass is 32.2. The van der Waals surface area contributed by atoms with Crippen molar-refractivity contribution in [2.45, 2.75) is 109 Å². The molecule has 0 saturated carbocycles. The molecule has 4 rings (SSSR count). The number of Topliss-reactive ketones (excluding diaryl/α,β-unsaturated/α-hetero) is 1. The van der Waals surface area contributed by atoms with Gasteiger partial charge >= 0.3 is 0 Å². The van der Waals surface area contributed by atoms with E-state index < -0.39 is 45.5 Å². The minimum absolute atomic E-state index is 0.0272. The molecule has 1 amide bonds. The molecular formula is C30H45N5O6S2. The predicted molar refractivity (Wildman–Crippen MR) is 164 cm³/mol. The van der Waals surface area contributed by atoms with Crippen LogP contribution in [-0.4, -0.2) is 79.5 Å². The molecule has 8 atom stereocenters. The quantitative estimate of drug-likeness (QED) is 0.433. The number of hydrogen-bond acceptors (Lipinski definition) is 9. The average Bonchev–Trinajstić information content (AvgIpc) is 3.19. The van der Waals surface area contributed by atoms with E-state index in [0.29, 0.717) is 25.7 Å². The second-order valence-electron chi connectivity index (χ2n) is 12.9.